The van der Waals surface area contributed by atoms with Gasteiger partial charge in [0.25, 0.3) is 11.7 Å². The zero-order chi connectivity index (χ0) is 24.1. The number of aliphatic hydroxyl groups excluding tert-OH is 1. The van der Waals surface area contributed by atoms with Crippen molar-refractivity contribution in [3.05, 3.63) is 100 Å². The van der Waals surface area contributed by atoms with E-state index in [1.807, 2.05) is 49.4 Å². The summed E-state index contributed by atoms with van der Waals surface area (Å²) in [5.41, 5.74) is 5.75. The molecule has 2 aliphatic rings. The fourth-order valence-electron chi connectivity index (χ4n) is 5.60. The molecule has 1 aliphatic carbocycles. The Balaban J connectivity index is 1.56. The van der Waals surface area contributed by atoms with Gasteiger partial charge >= 0.3 is 0 Å². The van der Waals surface area contributed by atoms with E-state index in [2.05, 4.69) is 4.98 Å². The molecule has 1 saturated heterocycles. The molecule has 0 bridgehead atoms. The van der Waals surface area contributed by atoms with Gasteiger partial charge in [-0.3, -0.25) is 9.59 Å². The molecule has 6 rings (SSSR count). The largest absolute Gasteiger partial charge is 0.507 e. The standard InChI is InChI=1S/C29H26N2O4/c1-17-24(22-10-4-5-11-23(22)30-17)26-25(28(33)29(34)31(26)16-21-9-6-14-35-21)27(32)20-13-12-18-7-2-3-8-19(18)15-20/h4-6,9-15,26,30,32H,2-3,7-8,16H2,1H3/b27-25+. The van der Waals surface area contributed by atoms with E-state index >= 15 is 0 Å². The maximum absolute atomic E-state index is 13.5. The molecular weight excluding hydrogens is 440 g/mol. The second-order valence-electron chi connectivity index (χ2n) is 9.41. The Bertz CT molecular complexity index is 1490. The predicted octanol–water partition coefficient (Wildman–Crippen LogP) is 5.57. The molecule has 2 aromatic heterocycles. The quantitative estimate of drug-likeness (QED) is 0.234. The van der Waals surface area contributed by atoms with E-state index in [1.165, 1.54) is 16.0 Å². The van der Waals surface area contributed by atoms with Crippen LogP contribution < -0.4 is 0 Å². The molecule has 1 amide bonds. The smallest absolute Gasteiger partial charge is 0.296 e. The number of amides is 1. The zero-order valence-electron chi connectivity index (χ0n) is 19.5. The minimum atomic E-state index is -0.743. The molecule has 35 heavy (non-hydrogen) atoms. The molecule has 2 N–H and O–H groups in total. The molecular formula is C29H26N2O4. The summed E-state index contributed by atoms with van der Waals surface area (Å²) in [4.78, 5) is 31.7. The predicted molar refractivity (Wildman–Crippen MR) is 133 cm³/mol. The van der Waals surface area contributed by atoms with Crippen molar-refractivity contribution in [2.24, 2.45) is 0 Å². The van der Waals surface area contributed by atoms with Gasteiger partial charge in [-0.25, -0.2) is 0 Å². The number of aromatic nitrogens is 1. The number of nitrogens with zero attached hydrogens (tertiary/aromatic N) is 1. The van der Waals surface area contributed by atoms with Crippen molar-refractivity contribution >= 4 is 28.4 Å². The van der Waals surface area contributed by atoms with Crippen LogP contribution in [0.5, 0.6) is 0 Å². The van der Waals surface area contributed by atoms with E-state index in [4.69, 9.17) is 4.42 Å². The Kier molecular flexibility index (Phi) is 5.10. The van der Waals surface area contributed by atoms with Crippen molar-refractivity contribution in [2.75, 3.05) is 0 Å². The molecule has 0 radical (unpaired) electrons. The molecule has 1 unspecified atom stereocenters. The minimum Gasteiger partial charge on any atom is -0.507 e. The van der Waals surface area contributed by atoms with Crippen LogP contribution in [0, 0.1) is 6.92 Å². The average molecular weight is 467 g/mol. The number of carbonyl (C=O) groups excluding carboxylic acids is 2. The van der Waals surface area contributed by atoms with Crippen LogP contribution in [0.1, 0.15) is 52.6 Å². The van der Waals surface area contributed by atoms with Gasteiger partial charge in [0.15, 0.2) is 0 Å². The maximum Gasteiger partial charge on any atom is 0.296 e. The number of nitrogens with one attached hydrogen (secondary N) is 1. The van der Waals surface area contributed by atoms with Crippen molar-refractivity contribution in [3.63, 3.8) is 0 Å². The number of aromatic amines is 1. The highest BCUT2D eigenvalue weighted by Crippen LogP contribution is 2.44. The number of H-pyrrole nitrogens is 1. The lowest BCUT2D eigenvalue weighted by atomic mass is 9.88. The van der Waals surface area contributed by atoms with E-state index in [9.17, 15) is 14.7 Å². The number of hydrogen-bond acceptors (Lipinski definition) is 4. The van der Waals surface area contributed by atoms with Gasteiger partial charge in [0.1, 0.15) is 11.5 Å². The summed E-state index contributed by atoms with van der Waals surface area (Å²) >= 11 is 0. The summed E-state index contributed by atoms with van der Waals surface area (Å²) in [5, 5.41) is 12.4. The molecule has 0 saturated carbocycles. The fourth-order valence-corrected chi connectivity index (χ4v) is 5.60. The number of hydrogen-bond donors (Lipinski definition) is 2. The first-order chi connectivity index (χ1) is 17.0. The third-order valence-corrected chi connectivity index (χ3v) is 7.29. The molecule has 1 atom stereocenters. The summed E-state index contributed by atoms with van der Waals surface area (Å²) in [5.74, 6) is -0.881. The Labute approximate surface area is 202 Å². The third kappa shape index (κ3) is 3.48. The van der Waals surface area contributed by atoms with Crippen molar-refractivity contribution in [3.8, 4) is 0 Å². The number of fused-ring (bicyclic) bond motifs is 2. The van der Waals surface area contributed by atoms with Crippen LogP contribution in [0.15, 0.2) is 70.9 Å². The fraction of sp³-hybridized carbons (Fsp3) is 0.241. The van der Waals surface area contributed by atoms with Crippen LogP contribution in [0.25, 0.3) is 16.7 Å². The summed E-state index contributed by atoms with van der Waals surface area (Å²) in [6.45, 7) is 2.06. The zero-order valence-corrected chi connectivity index (χ0v) is 19.5. The van der Waals surface area contributed by atoms with Crippen LogP contribution in [0.4, 0.5) is 0 Å². The van der Waals surface area contributed by atoms with Gasteiger partial charge in [0.2, 0.25) is 0 Å². The second-order valence-corrected chi connectivity index (χ2v) is 9.41. The molecule has 1 fully saturated rings. The normalized spacial score (nSPS) is 19.5. The minimum absolute atomic E-state index is 0.116. The van der Waals surface area contributed by atoms with E-state index in [-0.39, 0.29) is 17.9 Å². The first-order valence-corrected chi connectivity index (χ1v) is 12.0. The first-order valence-electron chi connectivity index (χ1n) is 12.0. The Morgan fingerprint density at radius 2 is 1.86 bits per heavy atom. The number of aryl methyl sites for hydroxylation is 3. The highest BCUT2D eigenvalue weighted by Gasteiger charge is 2.47. The number of ketones is 1. The monoisotopic (exact) mass is 466 g/mol. The summed E-state index contributed by atoms with van der Waals surface area (Å²) < 4.78 is 5.51. The van der Waals surface area contributed by atoms with Gasteiger partial charge in [-0.15, -0.1) is 0 Å². The highest BCUT2D eigenvalue weighted by molar-refractivity contribution is 6.46. The molecule has 3 heterocycles. The van der Waals surface area contributed by atoms with Crippen LogP contribution in [0.3, 0.4) is 0 Å². The number of rotatable bonds is 4. The van der Waals surface area contributed by atoms with Crippen LogP contribution in [-0.2, 0) is 29.0 Å². The highest BCUT2D eigenvalue weighted by atomic mass is 16.3. The number of para-hydroxylation sites is 1. The van der Waals surface area contributed by atoms with Gasteiger partial charge < -0.3 is 19.4 Å². The number of furan rings is 1. The lowest BCUT2D eigenvalue weighted by Gasteiger charge is -2.25. The lowest BCUT2D eigenvalue weighted by molar-refractivity contribution is -0.140. The van der Waals surface area contributed by atoms with Crippen molar-refractivity contribution < 1.29 is 19.1 Å². The Hall–Kier alpha value is -4.06. The number of aliphatic hydroxyl groups is 1. The first kappa shape index (κ1) is 21.5. The van der Waals surface area contributed by atoms with Crippen LogP contribution in [-0.4, -0.2) is 26.7 Å². The molecule has 0 spiro atoms. The van der Waals surface area contributed by atoms with E-state index in [0.29, 0.717) is 11.3 Å². The summed E-state index contributed by atoms with van der Waals surface area (Å²) in [6.07, 6.45) is 5.80. The van der Waals surface area contributed by atoms with Gasteiger partial charge in [0.05, 0.1) is 24.4 Å². The average Bonchev–Trinajstić information content (AvgIpc) is 3.56. The molecule has 6 heteroatoms. The molecule has 4 aromatic rings. The molecule has 1 aliphatic heterocycles. The summed E-state index contributed by atoms with van der Waals surface area (Å²) in [6, 6.07) is 16.5. The van der Waals surface area contributed by atoms with Crippen molar-refractivity contribution in [1.82, 2.24) is 9.88 Å². The maximum atomic E-state index is 13.5. The number of likely N-dealkylation sites (tertiary alicyclic amines) is 1. The van der Waals surface area contributed by atoms with Gasteiger partial charge in [-0.2, -0.15) is 0 Å². The Morgan fingerprint density at radius 3 is 2.66 bits per heavy atom. The molecule has 6 nitrogen and oxygen atoms in total. The van der Waals surface area contributed by atoms with Crippen LogP contribution in [0.2, 0.25) is 0 Å². The lowest BCUT2D eigenvalue weighted by Crippen LogP contribution is -2.29. The van der Waals surface area contributed by atoms with E-state index in [1.54, 1.807) is 18.4 Å². The van der Waals surface area contributed by atoms with E-state index in [0.717, 1.165) is 47.8 Å². The van der Waals surface area contributed by atoms with Gasteiger partial charge in [-0.1, -0.05) is 30.3 Å². The SMILES string of the molecule is Cc1[nH]c2ccccc2c1C1/C(=C(\O)c2ccc3c(c2)CCCC3)C(=O)C(=O)N1Cc1ccco1. The van der Waals surface area contributed by atoms with Crippen molar-refractivity contribution in [2.45, 2.75) is 45.2 Å². The van der Waals surface area contributed by atoms with Gasteiger partial charge in [-0.05, 0) is 68.0 Å². The Morgan fingerprint density at radius 1 is 1.06 bits per heavy atom. The van der Waals surface area contributed by atoms with E-state index < -0.39 is 17.7 Å². The second kappa shape index (κ2) is 8.31. The number of carbonyl (C=O) groups is 2. The topological polar surface area (TPSA) is 86.5 Å². The number of benzene rings is 2. The number of Topliss-reactive ketones (excluding diaryl/α,β-unsaturated/α-hetero) is 1. The van der Waals surface area contributed by atoms with Crippen molar-refractivity contribution in [1.29, 1.82) is 0 Å². The van der Waals surface area contributed by atoms with Gasteiger partial charge in [0, 0.05) is 27.7 Å². The third-order valence-electron chi connectivity index (χ3n) is 7.29. The molecule has 2 aromatic carbocycles. The van der Waals surface area contributed by atoms with Crippen LogP contribution >= 0.6 is 0 Å². The summed E-state index contributed by atoms with van der Waals surface area (Å²) in [7, 11) is 0. The molecule has 176 valence electrons.